The van der Waals surface area contributed by atoms with E-state index in [4.69, 9.17) is 11.6 Å². The Balaban J connectivity index is 2.26. The Morgan fingerprint density at radius 1 is 1.37 bits per heavy atom. The molecule has 0 saturated carbocycles. The first-order valence-corrected chi connectivity index (χ1v) is 5.89. The molecule has 0 atom stereocenters. The molecule has 2 N–H and O–H groups in total. The number of amides is 1. The molecule has 1 aromatic carbocycles. The fourth-order valence-electron chi connectivity index (χ4n) is 1.57. The van der Waals surface area contributed by atoms with Gasteiger partial charge < -0.3 is 10.6 Å². The van der Waals surface area contributed by atoms with Gasteiger partial charge in [-0.2, -0.15) is 0 Å². The Hall–Kier alpha value is -2.14. The number of pyridine rings is 1. The lowest BCUT2D eigenvalue weighted by Crippen LogP contribution is -2.15. The van der Waals surface area contributed by atoms with Crippen LogP contribution in [0.15, 0.2) is 36.5 Å². The molecule has 0 bridgehead atoms. The van der Waals surface area contributed by atoms with E-state index >= 15 is 0 Å². The van der Waals surface area contributed by atoms with Gasteiger partial charge in [-0.3, -0.25) is 4.79 Å². The zero-order valence-corrected chi connectivity index (χ0v) is 10.8. The number of carbonyl (C=O) groups is 1. The summed E-state index contributed by atoms with van der Waals surface area (Å²) in [6, 6.07) is 7.06. The maximum absolute atomic E-state index is 12.9. The van der Waals surface area contributed by atoms with Crippen molar-refractivity contribution in [2.75, 3.05) is 17.7 Å². The van der Waals surface area contributed by atoms with Crippen LogP contribution in [-0.4, -0.2) is 17.9 Å². The van der Waals surface area contributed by atoms with E-state index < -0.39 is 5.82 Å². The fourth-order valence-corrected chi connectivity index (χ4v) is 1.78. The molecule has 0 unspecified atom stereocenters. The molecule has 6 heteroatoms. The second-order valence-electron chi connectivity index (χ2n) is 3.73. The molecular weight excluding hydrogens is 269 g/mol. The van der Waals surface area contributed by atoms with Crippen molar-refractivity contribution in [2.45, 2.75) is 0 Å². The summed E-state index contributed by atoms with van der Waals surface area (Å²) in [7, 11) is 1.67. The summed E-state index contributed by atoms with van der Waals surface area (Å²) in [4.78, 5) is 16.1. The molecule has 1 heterocycles. The second-order valence-corrected chi connectivity index (χ2v) is 4.14. The minimum absolute atomic E-state index is 0.142. The maximum Gasteiger partial charge on any atom is 0.259 e. The molecule has 0 aliphatic heterocycles. The maximum atomic E-state index is 12.9. The van der Waals surface area contributed by atoms with Crippen molar-refractivity contribution in [3.05, 3.63) is 52.9 Å². The van der Waals surface area contributed by atoms with Gasteiger partial charge in [0.05, 0.1) is 16.3 Å². The van der Waals surface area contributed by atoms with Gasteiger partial charge in [-0.15, -0.1) is 0 Å². The average molecular weight is 280 g/mol. The summed E-state index contributed by atoms with van der Waals surface area (Å²) in [5.41, 5.74) is 0.726. The van der Waals surface area contributed by atoms with E-state index in [0.29, 0.717) is 17.1 Å². The SMILES string of the molecule is CNc1ncccc1C(=O)Nc1ccc(F)cc1Cl. The molecule has 4 nitrogen and oxygen atoms in total. The number of nitrogens with one attached hydrogen (secondary N) is 2. The molecule has 0 aliphatic carbocycles. The van der Waals surface area contributed by atoms with E-state index in [0.717, 1.165) is 6.07 Å². The Bertz CT molecular complexity index is 619. The van der Waals surface area contributed by atoms with Crippen molar-refractivity contribution in [3.8, 4) is 0 Å². The van der Waals surface area contributed by atoms with Gasteiger partial charge in [0.2, 0.25) is 0 Å². The summed E-state index contributed by atoms with van der Waals surface area (Å²) in [6.45, 7) is 0. The number of rotatable bonds is 3. The minimum atomic E-state index is -0.458. The lowest BCUT2D eigenvalue weighted by Gasteiger charge is -2.09. The van der Waals surface area contributed by atoms with Crippen LogP contribution in [0.2, 0.25) is 5.02 Å². The van der Waals surface area contributed by atoms with Crippen LogP contribution in [0.1, 0.15) is 10.4 Å². The zero-order chi connectivity index (χ0) is 13.8. The van der Waals surface area contributed by atoms with E-state index in [2.05, 4.69) is 15.6 Å². The molecule has 2 aromatic rings. The first kappa shape index (κ1) is 13.3. The first-order valence-electron chi connectivity index (χ1n) is 5.51. The highest BCUT2D eigenvalue weighted by molar-refractivity contribution is 6.34. The summed E-state index contributed by atoms with van der Waals surface area (Å²) in [5.74, 6) is -0.371. The van der Waals surface area contributed by atoms with Crippen LogP contribution in [0.5, 0.6) is 0 Å². The summed E-state index contributed by atoms with van der Waals surface area (Å²) >= 11 is 5.85. The standard InChI is InChI=1S/C13H11ClFN3O/c1-16-12-9(3-2-6-17-12)13(19)18-11-5-4-8(15)7-10(11)14/h2-7H,1H3,(H,16,17)(H,18,19). The smallest absolute Gasteiger partial charge is 0.259 e. The van der Waals surface area contributed by atoms with Crippen LogP contribution in [0.25, 0.3) is 0 Å². The van der Waals surface area contributed by atoms with E-state index in [-0.39, 0.29) is 10.9 Å². The molecule has 0 aliphatic rings. The lowest BCUT2D eigenvalue weighted by molar-refractivity contribution is 0.102. The number of benzene rings is 1. The molecule has 1 aromatic heterocycles. The van der Waals surface area contributed by atoms with Gasteiger partial charge >= 0.3 is 0 Å². The molecule has 0 saturated heterocycles. The van der Waals surface area contributed by atoms with Crippen LogP contribution in [0.3, 0.4) is 0 Å². The fraction of sp³-hybridized carbons (Fsp3) is 0.0769. The van der Waals surface area contributed by atoms with Crippen LogP contribution in [0.4, 0.5) is 15.9 Å². The summed E-state index contributed by atoms with van der Waals surface area (Å²) < 4.78 is 12.9. The number of hydrogen-bond acceptors (Lipinski definition) is 3. The van der Waals surface area contributed by atoms with Gasteiger partial charge in [0.25, 0.3) is 5.91 Å². The number of halogens is 2. The van der Waals surface area contributed by atoms with Crippen molar-refractivity contribution in [1.82, 2.24) is 4.98 Å². The topological polar surface area (TPSA) is 54.0 Å². The minimum Gasteiger partial charge on any atom is -0.372 e. The first-order chi connectivity index (χ1) is 9.11. The third-order valence-electron chi connectivity index (χ3n) is 2.47. The molecule has 2 rings (SSSR count). The van der Waals surface area contributed by atoms with Crippen LogP contribution >= 0.6 is 11.6 Å². The van der Waals surface area contributed by atoms with Gasteiger partial charge in [0, 0.05) is 13.2 Å². The Morgan fingerprint density at radius 3 is 2.84 bits per heavy atom. The predicted octanol–water partition coefficient (Wildman–Crippen LogP) is 3.17. The molecule has 19 heavy (non-hydrogen) atoms. The molecule has 1 amide bonds. The number of carbonyl (C=O) groups excluding carboxylic acids is 1. The van der Waals surface area contributed by atoms with Crippen molar-refractivity contribution in [2.24, 2.45) is 0 Å². The van der Waals surface area contributed by atoms with Crippen molar-refractivity contribution in [3.63, 3.8) is 0 Å². The number of nitrogens with zero attached hydrogens (tertiary/aromatic N) is 1. The molecule has 0 radical (unpaired) electrons. The largest absolute Gasteiger partial charge is 0.372 e. The quantitative estimate of drug-likeness (QED) is 0.907. The lowest BCUT2D eigenvalue weighted by atomic mass is 10.2. The van der Waals surface area contributed by atoms with Gasteiger partial charge in [-0.05, 0) is 30.3 Å². The normalized spacial score (nSPS) is 10.1. The Labute approximate surface area is 114 Å². The van der Waals surface area contributed by atoms with Gasteiger partial charge in [0.1, 0.15) is 11.6 Å². The van der Waals surface area contributed by atoms with Crippen LogP contribution in [0, 0.1) is 5.82 Å². The predicted molar refractivity (Wildman–Crippen MR) is 73.1 cm³/mol. The molecular formula is C13H11ClFN3O. The van der Waals surface area contributed by atoms with Gasteiger partial charge in [0.15, 0.2) is 0 Å². The van der Waals surface area contributed by atoms with E-state index in [1.807, 2.05) is 0 Å². The van der Waals surface area contributed by atoms with Crippen molar-refractivity contribution >= 4 is 29.0 Å². The molecule has 0 spiro atoms. The van der Waals surface area contributed by atoms with Crippen LogP contribution < -0.4 is 10.6 Å². The van der Waals surface area contributed by atoms with E-state index in [1.54, 1.807) is 25.4 Å². The number of aromatic nitrogens is 1. The van der Waals surface area contributed by atoms with E-state index in [9.17, 15) is 9.18 Å². The second kappa shape index (κ2) is 5.67. The molecule has 98 valence electrons. The average Bonchev–Trinajstić information content (AvgIpc) is 2.41. The van der Waals surface area contributed by atoms with E-state index in [1.165, 1.54) is 12.1 Å². The summed E-state index contributed by atoms with van der Waals surface area (Å²) in [5, 5.41) is 5.57. The third kappa shape index (κ3) is 3.00. The highest BCUT2D eigenvalue weighted by atomic mass is 35.5. The highest BCUT2D eigenvalue weighted by Gasteiger charge is 2.13. The van der Waals surface area contributed by atoms with Gasteiger partial charge in [-0.25, -0.2) is 9.37 Å². The Morgan fingerprint density at radius 2 is 2.16 bits per heavy atom. The summed E-state index contributed by atoms with van der Waals surface area (Å²) in [6.07, 6.45) is 1.58. The zero-order valence-electron chi connectivity index (χ0n) is 10.1. The van der Waals surface area contributed by atoms with Crippen molar-refractivity contribution in [1.29, 1.82) is 0 Å². The number of anilines is 2. The van der Waals surface area contributed by atoms with Crippen LogP contribution in [-0.2, 0) is 0 Å². The van der Waals surface area contributed by atoms with Gasteiger partial charge in [-0.1, -0.05) is 11.6 Å². The molecule has 0 fully saturated rings. The monoisotopic (exact) mass is 279 g/mol. The Kier molecular flexibility index (Phi) is 3.97. The number of hydrogen-bond donors (Lipinski definition) is 2. The highest BCUT2D eigenvalue weighted by Crippen LogP contribution is 2.23. The van der Waals surface area contributed by atoms with Crippen molar-refractivity contribution < 1.29 is 9.18 Å². The third-order valence-corrected chi connectivity index (χ3v) is 2.78.